The highest BCUT2D eigenvalue weighted by Crippen LogP contribution is 2.31. The van der Waals surface area contributed by atoms with Crippen molar-refractivity contribution in [3.63, 3.8) is 0 Å². The third-order valence-electron chi connectivity index (χ3n) is 3.78. The van der Waals surface area contributed by atoms with Crippen LogP contribution in [-0.2, 0) is 15.9 Å². The topological polar surface area (TPSA) is 47.7 Å². The van der Waals surface area contributed by atoms with Crippen LogP contribution < -0.4 is 10.6 Å². The minimum Gasteiger partial charge on any atom is -0.398 e. The molecule has 0 spiro atoms. The summed E-state index contributed by atoms with van der Waals surface area (Å²) in [5.41, 5.74) is 9.57. The molecule has 0 aromatic heterocycles. The van der Waals surface area contributed by atoms with Gasteiger partial charge in [0.15, 0.2) is 0 Å². The lowest BCUT2D eigenvalue weighted by Gasteiger charge is -2.35. The summed E-state index contributed by atoms with van der Waals surface area (Å²) in [6, 6.07) is 6.20. The number of benzene rings is 1. The molecule has 1 saturated heterocycles. The molecule has 18 heavy (non-hydrogen) atoms. The summed E-state index contributed by atoms with van der Waals surface area (Å²) in [6.07, 6.45) is 3.53. The number of ether oxygens (including phenoxy) is 2. The van der Waals surface area contributed by atoms with E-state index in [1.807, 2.05) is 12.1 Å². The van der Waals surface area contributed by atoms with Crippen LogP contribution in [0.2, 0.25) is 0 Å². The molecule has 2 N–H and O–H groups in total. The quantitative estimate of drug-likeness (QED) is 0.811. The van der Waals surface area contributed by atoms with Gasteiger partial charge in [0.1, 0.15) is 6.79 Å². The summed E-state index contributed by atoms with van der Waals surface area (Å²) in [5.74, 6) is 0. The van der Waals surface area contributed by atoms with E-state index in [0.29, 0.717) is 6.79 Å². The van der Waals surface area contributed by atoms with Crippen LogP contribution in [-0.4, -0.2) is 32.6 Å². The van der Waals surface area contributed by atoms with Gasteiger partial charge in [0.2, 0.25) is 0 Å². The Morgan fingerprint density at radius 2 is 2.33 bits per heavy atom. The van der Waals surface area contributed by atoms with Crippen molar-refractivity contribution in [1.29, 1.82) is 0 Å². The van der Waals surface area contributed by atoms with Crippen LogP contribution in [0.15, 0.2) is 18.2 Å². The number of fused-ring (bicyclic) bond motifs is 1. The molecule has 0 radical (unpaired) electrons. The first-order chi connectivity index (χ1) is 8.84. The Morgan fingerprint density at radius 3 is 3.17 bits per heavy atom. The van der Waals surface area contributed by atoms with Gasteiger partial charge in [0.25, 0.3) is 0 Å². The van der Waals surface area contributed by atoms with E-state index in [4.69, 9.17) is 15.2 Å². The number of hydrogen-bond acceptors (Lipinski definition) is 4. The molecule has 4 nitrogen and oxygen atoms in total. The zero-order chi connectivity index (χ0) is 12.4. The van der Waals surface area contributed by atoms with Crippen LogP contribution in [0.3, 0.4) is 0 Å². The van der Waals surface area contributed by atoms with Gasteiger partial charge in [-0.3, -0.25) is 0 Å². The molecule has 1 unspecified atom stereocenters. The van der Waals surface area contributed by atoms with Gasteiger partial charge in [-0.2, -0.15) is 0 Å². The number of hydrogen-bond donors (Lipinski definition) is 1. The Labute approximate surface area is 108 Å². The molecule has 0 amide bonds. The highest BCUT2D eigenvalue weighted by atomic mass is 16.7. The average Bonchev–Trinajstić information content (AvgIpc) is 2.41. The molecule has 1 fully saturated rings. The van der Waals surface area contributed by atoms with E-state index >= 15 is 0 Å². The van der Waals surface area contributed by atoms with Crippen LogP contribution in [0.5, 0.6) is 0 Å². The van der Waals surface area contributed by atoms with Gasteiger partial charge in [-0.1, -0.05) is 6.07 Å². The molecular formula is C14H20N2O2. The Morgan fingerprint density at radius 1 is 1.39 bits per heavy atom. The van der Waals surface area contributed by atoms with Gasteiger partial charge in [0.05, 0.1) is 12.7 Å². The molecule has 0 aliphatic carbocycles. The summed E-state index contributed by atoms with van der Waals surface area (Å²) in [7, 11) is 0. The fourth-order valence-corrected chi connectivity index (χ4v) is 2.81. The first-order valence-electron chi connectivity index (χ1n) is 6.66. The van der Waals surface area contributed by atoms with Gasteiger partial charge >= 0.3 is 0 Å². The second-order valence-electron chi connectivity index (χ2n) is 5.00. The van der Waals surface area contributed by atoms with E-state index in [1.54, 1.807) is 0 Å². The Bertz CT molecular complexity index is 416. The lowest BCUT2D eigenvalue weighted by molar-refractivity contribution is -0.135. The maximum atomic E-state index is 6.06. The van der Waals surface area contributed by atoms with Crippen molar-refractivity contribution in [2.24, 2.45) is 0 Å². The van der Waals surface area contributed by atoms with Crippen LogP contribution in [0.25, 0.3) is 0 Å². The second kappa shape index (κ2) is 5.16. The molecule has 2 heterocycles. The summed E-state index contributed by atoms with van der Waals surface area (Å²) >= 11 is 0. The van der Waals surface area contributed by atoms with Crippen molar-refractivity contribution >= 4 is 11.4 Å². The summed E-state index contributed by atoms with van der Waals surface area (Å²) < 4.78 is 10.8. The SMILES string of the molecule is Nc1cccc2c1CCCN2CC1CCOCO1. The molecule has 3 rings (SSSR count). The minimum atomic E-state index is 0.283. The van der Waals surface area contributed by atoms with Crippen LogP contribution in [0.1, 0.15) is 18.4 Å². The van der Waals surface area contributed by atoms with E-state index in [2.05, 4.69) is 11.0 Å². The van der Waals surface area contributed by atoms with Gasteiger partial charge in [-0.05, 0) is 37.0 Å². The Kier molecular flexibility index (Phi) is 3.39. The number of nitrogens with zero attached hydrogens (tertiary/aromatic N) is 1. The minimum absolute atomic E-state index is 0.283. The van der Waals surface area contributed by atoms with Crippen molar-refractivity contribution in [3.8, 4) is 0 Å². The van der Waals surface area contributed by atoms with E-state index < -0.39 is 0 Å². The zero-order valence-electron chi connectivity index (χ0n) is 10.6. The predicted octanol–water partition coefficient (Wildman–Crippen LogP) is 1.78. The number of anilines is 2. The third-order valence-corrected chi connectivity index (χ3v) is 3.78. The summed E-state index contributed by atoms with van der Waals surface area (Å²) in [6.45, 7) is 3.28. The monoisotopic (exact) mass is 248 g/mol. The van der Waals surface area contributed by atoms with Crippen LogP contribution in [0, 0.1) is 0 Å². The molecule has 98 valence electrons. The smallest absolute Gasteiger partial charge is 0.147 e. The molecule has 1 atom stereocenters. The lowest BCUT2D eigenvalue weighted by Crippen LogP contribution is -2.40. The standard InChI is InChI=1S/C14H20N2O2/c15-13-4-1-5-14-12(13)3-2-7-16(14)9-11-6-8-17-10-18-11/h1,4-5,11H,2-3,6-10,15H2. The highest BCUT2D eigenvalue weighted by Gasteiger charge is 2.23. The van der Waals surface area contributed by atoms with Crippen LogP contribution >= 0.6 is 0 Å². The maximum Gasteiger partial charge on any atom is 0.147 e. The molecule has 0 bridgehead atoms. The molecule has 2 aliphatic rings. The number of nitrogen functional groups attached to an aromatic ring is 1. The van der Waals surface area contributed by atoms with E-state index in [9.17, 15) is 0 Å². The van der Waals surface area contributed by atoms with Crippen LogP contribution in [0.4, 0.5) is 11.4 Å². The normalized spacial score (nSPS) is 23.8. The highest BCUT2D eigenvalue weighted by molar-refractivity contribution is 5.66. The van der Waals surface area contributed by atoms with Crippen molar-refractivity contribution in [1.82, 2.24) is 0 Å². The maximum absolute atomic E-state index is 6.06. The van der Waals surface area contributed by atoms with Gasteiger partial charge in [0, 0.05) is 24.5 Å². The molecular weight excluding hydrogens is 228 g/mol. The van der Waals surface area contributed by atoms with Gasteiger partial charge < -0.3 is 20.1 Å². The molecule has 1 aromatic rings. The van der Waals surface area contributed by atoms with Crippen molar-refractivity contribution in [3.05, 3.63) is 23.8 Å². The van der Waals surface area contributed by atoms with Gasteiger partial charge in [-0.25, -0.2) is 0 Å². The molecule has 2 aliphatic heterocycles. The Balaban J connectivity index is 1.76. The van der Waals surface area contributed by atoms with E-state index in [1.165, 1.54) is 17.7 Å². The largest absolute Gasteiger partial charge is 0.398 e. The average molecular weight is 248 g/mol. The molecule has 4 heteroatoms. The van der Waals surface area contributed by atoms with E-state index in [-0.39, 0.29) is 6.10 Å². The fraction of sp³-hybridized carbons (Fsp3) is 0.571. The lowest BCUT2D eigenvalue weighted by atomic mass is 9.99. The summed E-state index contributed by atoms with van der Waals surface area (Å²) in [5, 5.41) is 0. The second-order valence-corrected chi connectivity index (χ2v) is 5.00. The fourth-order valence-electron chi connectivity index (χ4n) is 2.81. The van der Waals surface area contributed by atoms with Crippen molar-refractivity contribution < 1.29 is 9.47 Å². The third kappa shape index (κ3) is 2.31. The summed E-state index contributed by atoms with van der Waals surface area (Å²) in [4.78, 5) is 2.41. The molecule has 1 aromatic carbocycles. The molecule has 0 saturated carbocycles. The van der Waals surface area contributed by atoms with Crippen molar-refractivity contribution in [2.45, 2.75) is 25.4 Å². The zero-order valence-corrected chi connectivity index (χ0v) is 10.6. The first kappa shape index (κ1) is 11.8. The van der Waals surface area contributed by atoms with E-state index in [0.717, 1.165) is 38.2 Å². The van der Waals surface area contributed by atoms with Crippen molar-refractivity contribution in [2.75, 3.05) is 37.1 Å². The predicted molar refractivity (Wildman–Crippen MR) is 71.7 cm³/mol. The number of nitrogens with two attached hydrogens (primary N) is 1. The first-order valence-corrected chi connectivity index (χ1v) is 6.66. The Hall–Kier alpha value is -1.26. The number of rotatable bonds is 2. The van der Waals surface area contributed by atoms with Gasteiger partial charge in [-0.15, -0.1) is 0 Å².